The summed E-state index contributed by atoms with van der Waals surface area (Å²) in [4.78, 5) is 4.16. The number of aryl methyl sites for hydroxylation is 3. The molecule has 5 heterocycles. The first-order valence-electron chi connectivity index (χ1n) is 9.95. The fourth-order valence-corrected chi connectivity index (χ4v) is 4.22. The van der Waals surface area contributed by atoms with Crippen LogP contribution in [0, 0.1) is 20.8 Å². The molecule has 0 fully saturated rings. The quantitative estimate of drug-likeness (QED) is 0.258. The number of aromatic nitrogens is 7. The van der Waals surface area contributed by atoms with E-state index in [0.29, 0.717) is 5.02 Å². The standard InChI is InChI=1S/2C8H7ClN2.C7H6ClN3/c1-5-2-6(9)3-8-7(5)4-10-11-8;1-6-4-7(9)5-11-3-2-10-8(6)11;1-5-2-6(8)3-11-4-9-10-7(5)11/h2-4H,1H3,(H,10,11);2-5H,1H3;2-4H,1H3. The highest BCUT2D eigenvalue weighted by Crippen LogP contribution is 2.21. The number of aromatic amines is 1. The van der Waals surface area contributed by atoms with Gasteiger partial charge in [-0.3, -0.25) is 9.50 Å². The first-order valence-corrected chi connectivity index (χ1v) is 11.1. The van der Waals surface area contributed by atoms with Crippen molar-refractivity contribution in [1.29, 1.82) is 0 Å². The summed E-state index contributed by atoms with van der Waals surface area (Å²) in [5, 5.41) is 17.8. The average molecular weight is 501 g/mol. The molecular weight excluding hydrogens is 481 g/mol. The van der Waals surface area contributed by atoms with E-state index < -0.39 is 0 Å². The third-order valence-corrected chi connectivity index (χ3v) is 5.54. The second kappa shape index (κ2) is 9.79. The zero-order chi connectivity index (χ0) is 23.5. The van der Waals surface area contributed by atoms with Crippen LogP contribution < -0.4 is 0 Å². The largest absolute Gasteiger partial charge is 0.305 e. The maximum atomic E-state index is 5.83. The minimum Gasteiger partial charge on any atom is -0.305 e. The number of hydrogen-bond acceptors (Lipinski definition) is 4. The van der Waals surface area contributed by atoms with Crippen molar-refractivity contribution in [1.82, 2.24) is 34.2 Å². The molecule has 0 bridgehead atoms. The number of hydrogen-bond donors (Lipinski definition) is 1. The maximum absolute atomic E-state index is 5.83. The molecule has 5 aromatic heterocycles. The van der Waals surface area contributed by atoms with Gasteiger partial charge in [0.05, 0.1) is 21.8 Å². The highest BCUT2D eigenvalue weighted by Gasteiger charge is 2.01. The van der Waals surface area contributed by atoms with Crippen molar-refractivity contribution in [3.05, 3.63) is 93.3 Å². The second-order valence-corrected chi connectivity index (χ2v) is 8.77. The topological polar surface area (TPSA) is 76.2 Å². The van der Waals surface area contributed by atoms with E-state index in [0.717, 1.165) is 48.9 Å². The Kier molecular flexibility index (Phi) is 6.83. The van der Waals surface area contributed by atoms with Gasteiger partial charge in [0.15, 0.2) is 5.65 Å². The third kappa shape index (κ3) is 5.27. The zero-order valence-corrected chi connectivity index (χ0v) is 20.4. The molecule has 6 aromatic rings. The van der Waals surface area contributed by atoms with Crippen LogP contribution in [0.2, 0.25) is 15.1 Å². The van der Waals surface area contributed by atoms with E-state index in [-0.39, 0.29) is 0 Å². The predicted octanol–water partition coefficient (Wildman–Crippen LogP) is 6.51. The van der Waals surface area contributed by atoms with Crippen molar-refractivity contribution < 1.29 is 0 Å². The SMILES string of the molecule is Cc1cc(Cl)cc2[nH]ncc12.Cc1cc(Cl)cn2ccnc12.Cc1cc(Cl)cn2cnnc12. The smallest absolute Gasteiger partial charge is 0.163 e. The summed E-state index contributed by atoms with van der Waals surface area (Å²) in [6.45, 7) is 5.97. The molecule has 0 unspecified atom stereocenters. The Labute approximate surface area is 205 Å². The van der Waals surface area contributed by atoms with Crippen LogP contribution in [0.1, 0.15) is 16.7 Å². The van der Waals surface area contributed by atoms with Crippen molar-refractivity contribution in [2.24, 2.45) is 0 Å². The van der Waals surface area contributed by atoms with Crippen LogP contribution in [-0.2, 0) is 0 Å². The molecule has 0 atom stereocenters. The molecule has 10 heteroatoms. The molecule has 0 aliphatic carbocycles. The summed E-state index contributed by atoms with van der Waals surface area (Å²) < 4.78 is 3.72. The fourth-order valence-electron chi connectivity index (χ4n) is 3.41. The molecule has 1 aromatic carbocycles. The van der Waals surface area contributed by atoms with E-state index in [1.807, 2.05) is 61.8 Å². The highest BCUT2D eigenvalue weighted by molar-refractivity contribution is 6.31. The Morgan fingerprint density at radius 3 is 2.21 bits per heavy atom. The van der Waals surface area contributed by atoms with Crippen LogP contribution in [0.25, 0.3) is 22.2 Å². The number of nitrogens with zero attached hydrogens (tertiary/aromatic N) is 6. The van der Waals surface area contributed by atoms with Gasteiger partial charge in [-0.1, -0.05) is 34.8 Å². The van der Waals surface area contributed by atoms with E-state index >= 15 is 0 Å². The van der Waals surface area contributed by atoms with Crippen molar-refractivity contribution >= 4 is 57.0 Å². The van der Waals surface area contributed by atoms with Crippen molar-refractivity contribution in [3.8, 4) is 0 Å². The van der Waals surface area contributed by atoms with Gasteiger partial charge in [0.1, 0.15) is 12.0 Å². The minimum absolute atomic E-state index is 0.704. The lowest BCUT2D eigenvalue weighted by Crippen LogP contribution is -1.85. The summed E-state index contributed by atoms with van der Waals surface area (Å²) in [7, 11) is 0. The molecule has 6 rings (SSSR count). The Morgan fingerprint density at radius 2 is 1.45 bits per heavy atom. The summed E-state index contributed by atoms with van der Waals surface area (Å²) in [6, 6.07) is 7.58. The molecule has 0 aliphatic heterocycles. The lowest BCUT2D eigenvalue weighted by molar-refractivity contribution is 1.10. The van der Waals surface area contributed by atoms with Gasteiger partial charge in [-0.25, -0.2) is 4.98 Å². The number of pyridine rings is 2. The van der Waals surface area contributed by atoms with E-state index in [2.05, 4.69) is 25.4 Å². The van der Waals surface area contributed by atoms with E-state index in [1.54, 1.807) is 29.3 Å². The van der Waals surface area contributed by atoms with Gasteiger partial charge in [-0.05, 0) is 61.7 Å². The van der Waals surface area contributed by atoms with Crippen LogP contribution in [-0.4, -0.2) is 34.2 Å². The van der Waals surface area contributed by atoms with Crippen molar-refractivity contribution in [3.63, 3.8) is 0 Å². The second-order valence-electron chi connectivity index (χ2n) is 7.46. The van der Waals surface area contributed by atoms with Crippen LogP contribution in [0.5, 0.6) is 0 Å². The van der Waals surface area contributed by atoms with Gasteiger partial charge in [0.25, 0.3) is 0 Å². The molecule has 0 radical (unpaired) electrons. The van der Waals surface area contributed by atoms with E-state index in [9.17, 15) is 0 Å². The maximum Gasteiger partial charge on any atom is 0.163 e. The number of rotatable bonds is 0. The molecule has 1 N–H and O–H groups in total. The Hall–Kier alpha value is -3.13. The monoisotopic (exact) mass is 499 g/mol. The Bertz CT molecular complexity index is 1360. The number of halogens is 3. The lowest BCUT2D eigenvalue weighted by Gasteiger charge is -1.97. The van der Waals surface area contributed by atoms with Crippen LogP contribution >= 0.6 is 34.8 Å². The summed E-state index contributed by atoms with van der Waals surface area (Å²) in [5.41, 5.74) is 6.11. The molecule has 0 aliphatic rings. The first kappa shape index (κ1) is 23.0. The Balaban J connectivity index is 0.000000118. The van der Waals surface area contributed by atoms with Gasteiger partial charge in [-0.15, -0.1) is 10.2 Å². The van der Waals surface area contributed by atoms with Crippen LogP contribution in [0.4, 0.5) is 0 Å². The van der Waals surface area contributed by atoms with Gasteiger partial charge in [-0.2, -0.15) is 5.10 Å². The number of H-pyrrole nitrogens is 1. The number of imidazole rings is 1. The van der Waals surface area contributed by atoms with Gasteiger partial charge in [0, 0.05) is 35.2 Å². The summed E-state index contributed by atoms with van der Waals surface area (Å²) in [5.74, 6) is 0. The third-order valence-electron chi connectivity index (χ3n) is 4.91. The number of nitrogens with one attached hydrogen (secondary N) is 1. The molecule has 0 saturated carbocycles. The first-order chi connectivity index (χ1) is 15.8. The zero-order valence-electron chi connectivity index (χ0n) is 18.1. The molecule has 33 heavy (non-hydrogen) atoms. The molecule has 0 saturated heterocycles. The number of fused-ring (bicyclic) bond motifs is 3. The van der Waals surface area contributed by atoms with Gasteiger partial charge in [0.2, 0.25) is 0 Å². The van der Waals surface area contributed by atoms with E-state index in [4.69, 9.17) is 34.8 Å². The molecular formula is C23H20Cl3N7. The van der Waals surface area contributed by atoms with Crippen LogP contribution in [0.3, 0.4) is 0 Å². The van der Waals surface area contributed by atoms with Crippen LogP contribution in [0.15, 0.2) is 61.6 Å². The average Bonchev–Trinajstić information content (AvgIpc) is 3.48. The summed E-state index contributed by atoms with van der Waals surface area (Å²) in [6.07, 6.45) is 10.7. The van der Waals surface area contributed by atoms with Crippen molar-refractivity contribution in [2.45, 2.75) is 20.8 Å². The fraction of sp³-hybridized carbons (Fsp3) is 0.130. The van der Waals surface area contributed by atoms with E-state index in [1.165, 1.54) is 0 Å². The van der Waals surface area contributed by atoms with Gasteiger partial charge >= 0.3 is 0 Å². The molecule has 168 valence electrons. The minimum atomic E-state index is 0.704. The molecule has 0 amide bonds. The highest BCUT2D eigenvalue weighted by atomic mass is 35.5. The predicted molar refractivity (Wildman–Crippen MR) is 134 cm³/mol. The van der Waals surface area contributed by atoms with Gasteiger partial charge < -0.3 is 4.40 Å². The molecule has 7 nitrogen and oxygen atoms in total. The summed E-state index contributed by atoms with van der Waals surface area (Å²) >= 11 is 17.5. The van der Waals surface area contributed by atoms with Crippen molar-refractivity contribution in [2.75, 3.05) is 0 Å². The molecule has 0 spiro atoms. The lowest BCUT2D eigenvalue weighted by atomic mass is 10.1. The normalized spacial score (nSPS) is 10.7. The number of benzene rings is 1. The Morgan fingerprint density at radius 1 is 0.788 bits per heavy atom.